The summed E-state index contributed by atoms with van der Waals surface area (Å²) in [5.74, 6) is 0.0933. The Morgan fingerprint density at radius 1 is 0.906 bits per heavy atom. The molecule has 0 aliphatic carbocycles. The average molecular weight is 438 g/mol. The van der Waals surface area contributed by atoms with Gasteiger partial charge in [-0.05, 0) is 55.1 Å². The molecule has 2 aromatic rings. The molecular weight excluding hydrogens is 406 g/mol. The highest BCUT2D eigenvalue weighted by atomic mass is 16.3. The molecule has 4 rings (SSSR count). The molecule has 3 N–H and O–H groups in total. The standard InChI is InChI=1S/C25H31N3O4/c1-26-14-17-4-2-5-19(12-17)18-8-10-27(11-9-18)24(31)20-6-3-7-21(13-20)25(32)28-15-22(29)23(30)16-28/h2-7,12-13,18,22-23,26,29-30H,8-11,14-16H2,1H3. The van der Waals surface area contributed by atoms with Crippen molar-refractivity contribution in [3.8, 4) is 0 Å². The Morgan fingerprint density at radius 2 is 1.50 bits per heavy atom. The van der Waals surface area contributed by atoms with Gasteiger partial charge < -0.3 is 25.3 Å². The van der Waals surface area contributed by atoms with Gasteiger partial charge in [0.05, 0.1) is 12.2 Å². The summed E-state index contributed by atoms with van der Waals surface area (Å²) < 4.78 is 0. The molecule has 2 fully saturated rings. The summed E-state index contributed by atoms with van der Waals surface area (Å²) in [5, 5.41) is 22.6. The maximum absolute atomic E-state index is 13.1. The molecule has 0 aromatic heterocycles. The summed E-state index contributed by atoms with van der Waals surface area (Å²) >= 11 is 0. The lowest BCUT2D eigenvalue weighted by Gasteiger charge is -2.32. The van der Waals surface area contributed by atoms with Crippen molar-refractivity contribution in [1.82, 2.24) is 15.1 Å². The van der Waals surface area contributed by atoms with Gasteiger partial charge in [-0.1, -0.05) is 30.3 Å². The van der Waals surface area contributed by atoms with E-state index in [0.717, 1.165) is 19.4 Å². The lowest BCUT2D eigenvalue weighted by atomic mass is 9.88. The Bertz CT molecular complexity index is 961. The van der Waals surface area contributed by atoms with Gasteiger partial charge in [0.2, 0.25) is 0 Å². The molecule has 2 heterocycles. The molecule has 7 heteroatoms. The van der Waals surface area contributed by atoms with Crippen molar-refractivity contribution in [1.29, 1.82) is 0 Å². The molecule has 2 atom stereocenters. The Balaban J connectivity index is 1.39. The SMILES string of the molecule is CNCc1cccc(C2CCN(C(=O)c3cccc(C(=O)N4CC(O)C(O)C4)c3)CC2)c1. The maximum Gasteiger partial charge on any atom is 0.254 e. The molecule has 0 saturated carbocycles. The van der Waals surface area contributed by atoms with Crippen molar-refractivity contribution >= 4 is 11.8 Å². The normalized spacial score (nSPS) is 21.7. The Labute approximate surface area is 188 Å². The van der Waals surface area contributed by atoms with Crippen molar-refractivity contribution in [2.75, 3.05) is 33.2 Å². The summed E-state index contributed by atoms with van der Waals surface area (Å²) in [6, 6.07) is 15.4. The smallest absolute Gasteiger partial charge is 0.254 e. The lowest BCUT2D eigenvalue weighted by Crippen LogP contribution is -2.38. The Morgan fingerprint density at radius 3 is 2.12 bits per heavy atom. The molecule has 170 valence electrons. The van der Waals surface area contributed by atoms with E-state index in [0.29, 0.717) is 30.1 Å². The summed E-state index contributed by atoms with van der Waals surface area (Å²) in [5.41, 5.74) is 3.48. The molecule has 2 amide bonds. The van der Waals surface area contributed by atoms with E-state index in [1.165, 1.54) is 16.0 Å². The highest BCUT2D eigenvalue weighted by Crippen LogP contribution is 2.29. The van der Waals surface area contributed by atoms with E-state index >= 15 is 0 Å². The van der Waals surface area contributed by atoms with Crippen LogP contribution in [0.5, 0.6) is 0 Å². The first-order chi connectivity index (χ1) is 15.5. The minimum atomic E-state index is -0.927. The number of carbonyl (C=O) groups is 2. The zero-order valence-electron chi connectivity index (χ0n) is 18.4. The second-order valence-electron chi connectivity index (χ2n) is 8.77. The molecule has 2 aliphatic rings. The number of β-amino-alcohol motifs (C(OH)–C–C–N with tert-alkyl or cyclic N) is 2. The summed E-state index contributed by atoms with van der Waals surface area (Å²) in [4.78, 5) is 29.1. The second kappa shape index (κ2) is 9.81. The molecule has 0 spiro atoms. The fourth-order valence-corrected chi connectivity index (χ4v) is 4.66. The number of piperidine rings is 1. The number of amides is 2. The van der Waals surface area contributed by atoms with Gasteiger partial charge in [0, 0.05) is 43.9 Å². The molecule has 2 unspecified atom stereocenters. The molecule has 2 aliphatic heterocycles. The third-order valence-corrected chi connectivity index (χ3v) is 6.49. The summed E-state index contributed by atoms with van der Waals surface area (Å²) in [6.45, 7) is 2.41. The fraction of sp³-hybridized carbons (Fsp3) is 0.440. The van der Waals surface area contributed by atoms with Crippen molar-refractivity contribution in [3.05, 3.63) is 70.8 Å². The van der Waals surface area contributed by atoms with Gasteiger partial charge in [-0.25, -0.2) is 0 Å². The lowest BCUT2D eigenvalue weighted by molar-refractivity contribution is 0.0572. The number of nitrogens with zero attached hydrogens (tertiary/aromatic N) is 2. The van der Waals surface area contributed by atoms with Crippen LogP contribution in [0.3, 0.4) is 0 Å². The molecular formula is C25H31N3O4. The van der Waals surface area contributed by atoms with Crippen molar-refractivity contribution < 1.29 is 19.8 Å². The average Bonchev–Trinajstić information content (AvgIpc) is 3.17. The van der Waals surface area contributed by atoms with Crippen LogP contribution in [0, 0.1) is 0 Å². The number of likely N-dealkylation sites (tertiary alicyclic amines) is 2. The highest BCUT2D eigenvalue weighted by Gasteiger charge is 2.33. The molecule has 2 aromatic carbocycles. The largest absolute Gasteiger partial charge is 0.388 e. The quantitative estimate of drug-likeness (QED) is 0.661. The van der Waals surface area contributed by atoms with Gasteiger partial charge in [0.15, 0.2) is 0 Å². The van der Waals surface area contributed by atoms with E-state index < -0.39 is 12.2 Å². The van der Waals surface area contributed by atoms with E-state index in [4.69, 9.17) is 0 Å². The van der Waals surface area contributed by atoms with Crippen LogP contribution < -0.4 is 5.32 Å². The van der Waals surface area contributed by atoms with Gasteiger partial charge in [-0.15, -0.1) is 0 Å². The van der Waals surface area contributed by atoms with Crippen LogP contribution >= 0.6 is 0 Å². The third kappa shape index (κ3) is 4.85. The molecule has 7 nitrogen and oxygen atoms in total. The van der Waals surface area contributed by atoms with Crippen LogP contribution in [0.15, 0.2) is 48.5 Å². The van der Waals surface area contributed by atoms with E-state index in [-0.39, 0.29) is 24.9 Å². The first-order valence-corrected chi connectivity index (χ1v) is 11.2. The monoisotopic (exact) mass is 437 g/mol. The molecule has 2 saturated heterocycles. The van der Waals surface area contributed by atoms with Gasteiger partial charge in [0.1, 0.15) is 0 Å². The van der Waals surface area contributed by atoms with Crippen LogP contribution in [0.2, 0.25) is 0 Å². The molecule has 0 bridgehead atoms. The van der Waals surface area contributed by atoms with Gasteiger partial charge >= 0.3 is 0 Å². The van der Waals surface area contributed by atoms with Crippen molar-refractivity contribution in [2.24, 2.45) is 0 Å². The van der Waals surface area contributed by atoms with Crippen LogP contribution in [0.1, 0.15) is 50.6 Å². The van der Waals surface area contributed by atoms with E-state index in [2.05, 4.69) is 29.6 Å². The van der Waals surface area contributed by atoms with E-state index in [9.17, 15) is 19.8 Å². The number of benzene rings is 2. The van der Waals surface area contributed by atoms with Gasteiger partial charge in [-0.3, -0.25) is 9.59 Å². The predicted molar refractivity (Wildman–Crippen MR) is 121 cm³/mol. The van der Waals surface area contributed by atoms with Crippen molar-refractivity contribution in [3.63, 3.8) is 0 Å². The number of aliphatic hydroxyl groups excluding tert-OH is 2. The number of hydrogen-bond donors (Lipinski definition) is 3. The van der Waals surface area contributed by atoms with Crippen LogP contribution in [0.25, 0.3) is 0 Å². The van der Waals surface area contributed by atoms with Crippen molar-refractivity contribution in [2.45, 2.75) is 37.5 Å². The topological polar surface area (TPSA) is 93.1 Å². The van der Waals surface area contributed by atoms with Crippen LogP contribution in [-0.2, 0) is 6.54 Å². The number of rotatable bonds is 5. The second-order valence-corrected chi connectivity index (χ2v) is 8.77. The third-order valence-electron chi connectivity index (χ3n) is 6.49. The van der Waals surface area contributed by atoms with Gasteiger partial charge in [0.25, 0.3) is 11.8 Å². The minimum absolute atomic E-state index is 0.0662. The fourth-order valence-electron chi connectivity index (χ4n) is 4.66. The predicted octanol–water partition coefficient (Wildman–Crippen LogP) is 1.60. The molecule has 0 radical (unpaired) electrons. The number of aliphatic hydroxyl groups is 2. The summed E-state index contributed by atoms with van der Waals surface area (Å²) in [6.07, 6.45) is -0.0265. The number of nitrogens with one attached hydrogen (secondary N) is 1. The Kier molecular flexibility index (Phi) is 6.89. The van der Waals surface area contributed by atoms with Gasteiger partial charge in [-0.2, -0.15) is 0 Å². The maximum atomic E-state index is 13.1. The zero-order chi connectivity index (χ0) is 22.7. The minimum Gasteiger partial charge on any atom is -0.388 e. The van der Waals surface area contributed by atoms with E-state index in [1.54, 1.807) is 24.3 Å². The summed E-state index contributed by atoms with van der Waals surface area (Å²) in [7, 11) is 1.94. The van der Waals surface area contributed by atoms with Crippen LogP contribution in [0.4, 0.5) is 0 Å². The zero-order valence-corrected chi connectivity index (χ0v) is 18.4. The Hall–Kier alpha value is -2.74. The first-order valence-electron chi connectivity index (χ1n) is 11.2. The number of carbonyl (C=O) groups excluding carboxylic acids is 2. The molecule has 32 heavy (non-hydrogen) atoms. The highest BCUT2D eigenvalue weighted by molar-refractivity contribution is 5.99. The van der Waals surface area contributed by atoms with E-state index in [1.807, 2.05) is 11.9 Å². The van der Waals surface area contributed by atoms with Crippen LogP contribution in [-0.4, -0.2) is 77.3 Å². The first kappa shape index (κ1) is 22.5. The number of hydrogen-bond acceptors (Lipinski definition) is 5.